The lowest BCUT2D eigenvalue weighted by Gasteiger charge is -2.11. The first-order chi connectivity index (χ1) is 26.8. The number of benzene rings is 2. The highest BCUT2D eigenvalue weighted by Gasteiger charge is 2.13. The number of nitrogens with one attached hydrogen (secondary N) is 4. The van der Waals surface area contributed by atoms with Crippen molar-refractivity contribution in [1.29, 1.82) is 0 Å². The van der Waals surface area contributed by atoms with Crippen molar-refractivity contribution in [2.75, 3.05) is 28.4 Å². The number of aromatic nitrogens is 6. The normalized spacial score (nSPS) is 10.7. The number of urea groups is 2. The second-order valence-corrected chi connectivity index (χ2v) is 12.3. The molecule has 274 valence electrons. The van der Waals surface area contributed by atoms with Crippen molar-refractivity contribution in [2.45, 2.75) is 0 Å². The number of phenols is 1. The molecule has 14 nitrogen and oxygen atoms in total. The van der Waals surface area contributed by atoms with Gasteiger partial charge in [-0.3, -0.25) is 19.9 Å². The summed E-state index contributed by atoms with van der Waals surface area (Å²) >= 11 is 0. The number of hydrogen-bond donors (Lipinski definition) is 5. The van der Waals surface area contributed by atoms with Crippen LogP contribution in [0.5, 0.6) is 11.5 Å². The average molecular weight is 733 g/mol. The molecule has 6 heterocycles. The standard InChI is InChI=1S/C21H19N5O2.C20H17N5O2/c1-26-13-16(15-9-10-22-12-19(15)26)17-8-7-14(11-23-17)24-21(27)25-18-5-3-4-6-20(18)28-2;1-25-12-15(14-8-9-21-11-18(14)25)16-7-6-13(10-22-16)23-20(27)24-17-4-2-3-5-19(17)26/h3-13H,1-2H3,(H2,24,25,27);2-12,26H,1H3,(H2,23,24,27). The van der Waals surface area contributed by atoms with Gasteiger partial charge in [-0.2, -0.15) is 0 Å². The number of fused-ring (bicyclic) bond motifs is 2. The minimum Gasteiger partial charge on any atom is -0.506 e. The minimum absolute atomic E-state index is 0.00608. The fourth-order valence-corrected chi connectivity index (χ4v) is 6.01. The van der Waals surface area contributed by atoms with Crippen molar-refractivity contribution in [2.24, 2.45) is 14.1 Å². The van der Waals surface area contributed by atoms with Crippen LogP contribution in [0.25, 0.3) is 44.3 Å². The third kappa shape index (κ3) is 8.03. The van der Waals surface area contributed by atoms with E-state index in [1.54, 1.807) is 68.3 Å². The number of para-hydroxylation sites is 4. The third-order valence-electron chi connectivity index (χ3n) is 8.69. The van der Waals surface area contributed by atoms with Gasteiger partial charge in [0, 0.05) is 60.8 Å². The van der Waals surface area contributed by atoms with Crippen molar-refractivity contribution < 1.29 is 19.4 Å². The highest BCUT2D eigenvalue weighted by Crippen LogP contribution is 2.30. The van der Waals surface area contributed by atoms with Gasteiger partial charge in [0.1, 0.15) is 11.5 Å². The number of amides is 4. The number of aromatic hydroxyl groups is 1. The zero-order valence-electron chi connectivity index (χ0n) is 30.1. The SMILES string of the molecule is COc1ccccc1NC(=O)Nc1ccc(-c2cn(C)c3cnccc23)nc1.Cn1cc(-c2ccc(NC(=O)Nc3ccccc3O)cn2)c2ccncc21. The summed E-state index contributed by atoms with van der Waals surface area (Å²) in [5.74, 6) is 0.600. The molecule has 8 rings (SSSR count). The van der Waals surface area contributed by atoms with Gasteiger partial charge in [-0.25, -0.2) is 9.59 Å². The number of ether oxygens (including phenoxy) is 1. The zero-order chi connectivity index (χ0) is 38.3. The number of aryl methyl sites for hydroxylation is 2. The molecule has 5 N–H and O–H groups in total. The molecule has 0 aliphatic heterocycles. The van der Waals surface area contributed by atoms with Gasteiger partial charge in [-0.1, -0.05) is 24.3 Å². The number of hydrogen-bond acceptors (Lipinski definition) is 8. The Balaban J connectivity index is 0.000000169. The monoisotopic (exact) mass is 732 g/mol. The van der Waals surface area contributed by atoms with E-state index in [9.17, 15) is 14.7 Å². The van der Waals surface area contributed by atoms with Gasteiger partial charge in [-0.05, 0) is 60.7 Å². The molecule has 0 atom stereocenters. The van der Waals surface area contributed by atoms with Gasteiger partial charge in [0.15, 0.2) is 0 Å². The van der Waals surface area contributed by atoms with E-state index >= 15 is 0 Å². The summed E-state index contributed by atoms with van der Waals surface area (Å²) in [6, 6.07) is 24.2. The molecule has 6 aromatic heterocycles. The number of carbonyl (C=O) groups excluding carboxylic acids is 2. The van der Waals surface area contributed by atoms with E-state index in [-0.39, 0.29) is 11.8 Å². The fourth-order valence-electron chi connectivity index (χ4n) is 6.01. The van der Waals surface area contributed by atoms with Crippen molar-refractivity contribution in [3.05, 3.63) is 135 Å². The molecule has 0 unspecified atom stereocenters. The van der Waals surface area contributed by atoms with Gasteiger partial charge in [0.2, 0.25) is 0 Å². The number of phenolic OH excluding ortho intramolecular Hbond substituents is 1. The van der Waals surface area contributed by atoms with E-state index in [0.29, 0.717) is 28.5 Å². The van der Waals surface area contributed by atoms with E-state index in [0.717, 1.165) is 44.3 Å². The number of nitrogens with zero attached hydrogens (tertiary/aromatic N) is 6. The van der Waals surface area contributed by atoms with Crippen molar-refractivity contribution in [3.63, 3.8) is 0 Å². The second-order valence-electron chi connectivity index (χ2n) is 12.3. The molecule has 0 bridgehead atoms. The molecule has 0 spiro atoms. The van der Waals surface area contributed by atoms with Crippen molar-refractivity contribution in [1.82, 2.24) is 29.1 Å². The molecule has 4 amide bonds. The van der Waals surface area contributed by atoms with Crippen molar-refractivity contribution in [3.8, 4) is 34.0 Å². The number of pyridine rings is 4. The summed E-state index contributed by atoms with van der Waals surface area (Å²) in [5.41, 5.74) is 7.79. The predicted molar refractivity (Wildman–Crippen MR) is 214 cm³/mol. The highest BCUT2D eigenvalue weighted by atomic mass is 16.5. The molecule has 55 heavy (non-hydrogen) atoms. The highest BCUT2D eigenvalue weighted by molar-refractivity contribution is 6.02. The van der Waals surface area contributed by atoms with E-state index in [2.05, 4.69) is 41.2 Å². The first-order valence-electron chi connectivity index (χ1n) is 17.1. The van der Waals surface area contributed by atoms with Gasteiger partial charge in [-0.15, -0.1) is 0 Å². The Labute approximate surface area is 315 Å². The Hall–Kier alpha value is -7.74. The maximum Gasteiger partial charge on any atom is 0.323 e. The van der Waals surface area contributed by atoms with Gasteiger partial charge in [0.25, 0.3) is 0 Å². The maximum absolute atomic E-state index is 12.3. The van der Waals surface area contributed by atoms with E-state index < -0.39 is 6.03 Å². The Bertz CT molecular complexity index is 2620. The third-order valence-corrected chi connectivity index (χ3v) is 8.69. The van der Waals surface area contributed by atoms with Crippen LogP contribution >= 0.6 is 0 Å². The van der Waals surface area contributed by atoms with Crippen LogP contribution in [0.2, 0.25) is 0 Å². The lowest BCUT2D eigenvalue weighted by Crippen LogP contribution is -2.19. The van der Waals surface area contributed by atoms with Gasteiger partial charge < -0.3 is 40.2 Å². The van der Waals surface area contributed by atoms with Crippen LogP contribution in [0.3, 0.4) is 0 Å². The topological polar surface area (TPSA) is 173 Å². The number of carbonyl (C=O) groups is 2. The quantitative estimate of drug-likeness (QED) is 0.102. The Morgan fingerprint density at radius 2 is 1.09 bits per heavy atom. The summed E-state index contributed by atoms with van der Waals surface area (Å²) in [4.78, 5) is 41.7. The average Bonchev–Trinajstić information content (AvgIpc) is 3.73. The number of rotatable bonds is 7. The first-order valence-corrected chi connectivity index (χ1v) is 17.1. The van der Waals surface area contributed by atoms with Crippen LogP contribution in [0, 0.1) is 0 Å². The Kier molecular flexibility index (Phi) is 10.3. The first kappa shape index (κ1) is 35.7. The largest absolute Gasteiger partial charge is 0.506 e. The lowest BCUT2D eigenvalue weighted by molar-refractivity contribution is 0.261. The smallest absolute Gasteiger partial charge is 0.323 e. The van der Waals surface area contributed by atoms with Crippen LogP contribution in [0.15, 0.2) is 135 Å². The Morgan fingerprint density at radius 3 is 1.58 bits per heavy atom. The van der Waals surface area contributed by atoms with Crippen LogP contribution in [0.1, 0.15) is 0 Å². The van der Waals surface area contributed by atoms with Gasteiger partial charge >= 0.3 is 12.1 Å². The van der Waals surface area contributed by atoms with Gasteiger partial charge in [0.05, 0.1) is 77.1 Å². The summed E-state index contributed by atoms with van der Waals surface area (Å²) < 4.78 is 9.26. The molecule has 0 saturated heterocycles. The van der Waals surface area contributed by atoms with E-state index in [4.69, 9.17) is 4.74 Å². The van der Waals surface area contributed by atoms with Crippen molar-refractivity contribution >= 4 is 56.6 Å². The zero-order valence-corrected chi connectivity index (χ0v) is 30.1. The summed E-state index contributed by atoms with van der Waals surface area (Å²) in [7, 11) is 5.50. The summed E-state index contributed by atoms with van der Waals surface area (Å²) in [5, 5.41) is 22.7. The molecular formula is C41H36N10O4. The maximum atomic E-state index is 12.3. The van der Waals surface area contributed by atoms with E-state index in [1.807, 2.05) is 90.5 Å². The molecule has 0 saturated carbocycles. The van der Waals surface area contributed by atoms with Crippen LogP contribution in [-0.2, 0) is 14.1 Å². The number of methoxy groups -OCH3 is 1. The lowest BCUT2D eigenvalue weighted by atomic mass is 10.1. The molecule has 14 heteroatoms. The van der Waals surface area contributed by atoms with Crippen LogP contribution < -0.4 is 26.0 Å². The van der Waals surface area contributed by atoms with Crippen LogP contribution in [0.4, 0.5) is 32.3 Å². The molecule has 0 fully saturated rings. The molecule has 0 radical (unpaired) electrons. The molecule has 0 aliphatic rings. The van der Waals surface area contributed by atoms with E-state index in [1.165, 1.54) is 6.07 Å². The summed E-state index contributed by atoms with van der Waals surface area (Å²) in [6.45, 7) is 0. The fraction of sp³-hybridized carbons (Fsp3) is 0.0732. The molecule has 0 aliphatic carbocycles. The minimum atomic E-state index is -0.456. The predicted octanol–water partition coefficient (Wildman–Crippen LogP) is 8.27. The Morgan fingerprint density at radius 1 is 0.600 bits per heavy atom. The summed E-state index contributed by atoms with van der Waals surface area (Å²) in [6.07, 6.45) is 14.4. The molecular weight excluding hydrogens is 697 g/mol. The molecule has 2 aromatic carbocycles. The molecule has 8 aromatic rings. The second kappa shape index (κ2) is 15.9. The van der Waals surface area contributed by atoms with Crippen LogP contribution in [-0.4, -0.2) is 53.3 Å². The number of anilines is 4.